The second-order valence-electron chi connectivity index (χ2n) is 2.98. The van der Waals surface area contributed by atoms with E-state index >= 15 is 0 Å². The highest BCUT2D eigenvalue weighted by Gasteiger charge is 1.90. The summed E-state index contributed by atoms with van der Waals surface area (Å²) in [5, 5.41) is 6.91. The van der Waals surface area contributed by atoms with Gasteiger partial charge in [0.1, 0.15) is 0 Å². The summed E-state index contributed by atoms with van der Waals surface area (Å²) >= 11 is 3.20. The topological polar surface area (TPSA) is 36.2 Å². The molecule has 0 unspecified atom stereocenters. The van der Waals surface area contributed by atoms with Gasteiger partial charge in [0.05, 0.1) is 4.48 Å². The van der Waals surface area contributed by atoms with Gasteiger partial charge in [0.25, 0.3) is 0 Å². The molecule has 1 N–H and O–H groups in total. The number of unbranched alkanes of at least 4 members (excludes halogenated alkanes) is 2. The van der Waals surface area contributed by atoms with Gasteiger partial charge in [-0.1, -0.05) is 19.8 Å². The maximum absolute atomic E-state index is 6.91. The van der Waals surface area contributed by atoms with Gasteiger partial charge in [-0.2, -0.15) is 0 Å². The van der Waals surface area contributed by atoms with Crippen LogP contribution in [0.1, 0.15) is 39.5 Å². The number of nitrogens with zero attached hydrogens (tertiary/aromatic N) is 1. The predicted octanol–water partition coefficient (Wildman–Crippen LogP) is 3.91. The molecule has 74 valence electrons. The quantitative estimate of drug-likeness (QED) is 0.544. The van der Waals surface area contributed by atoms with E-state index < -0.39 is 0 Å². The molecule has 0 aromatic heterocycles. The first-order chi connectivity index (χ1) is 6.20. The van der Waals surface area contributed by atoms with Crippen molar-refractivity contribution in [3.8, 4) is 0 Å². The summed E-state index contributed by atoms with van der Waals surface area (Å²) in [5.41, 5.74) is 1.13. The Hall–Kier alpha value is -0.440. The lowest BCUT2D eigenvalue weighted by atomic mass is 10.1. The fraction of sp³-hybridized carbons (Fsp3) is 0.600. The largest absolute Gasteiger partial charge is 0.308 e. The fourth-order valence-electron chi connectivity index (χ4n) is 0.905. The molecular formula is C10H17BrN2. The Labute approximate surface area is 88.8 Å². The van der Waals surface area contributed by atoms with Crippen LogP contribution in [0.25, 0.3) is 0 Å². The average Bonchev–Trinajstić information content (AvgIpc) is 2.14. The highest BCUT2D eigenvalue weighted by atomic mass is 79.9. The molecule has 13 heavy (non-hydrogen) atoms. The minimum Gasteiger partial charge on any atom is -0.308 e. The summed E-state index contributed by atoms with van der Waals surface area (Å²) in [4.78, 5) is 4.22. The monoisotopic (exact) mass is 244 g/mol. The summed E-state index contributed by atoms with van der Waals surface area (Å²) < 4.78 is 0.711. The average molecular weight is 245 g/mol. The molecule has 0 saturated heterocycles. The summed E-state index contributed by atoms with van der Waals surface area (Å²) in [6.45, 7) is 4.22. The van der Waals surface area contributed by atoms with Gasteiger partial charge in [0.15, 0.2) is 0 Å². The standard InChI is InChI=1S/C10H17BrN2/c1-3-4-5-6-9(2)13-8-10(11)7-12/h7-8,12H,3-6H2,1-2H3/b10-8+,12-7?,13-9+. The third kappa shape index (κ3) is 7.91. The Morgan fingerprint density at radius 1 is 1.46 bits per heavy atom. The SMILES string of the molecule is CCCCC/C(C)=N/C=C(/Br)C=N. The van der Waals surface area contributed by atoms with Crippen molar-refractivity contribution in [1.29, 1.82) is 5.41 Å². The van der Waals surface area contributed by atoms with E-state index in [-0.39, 0.29) is 0 Å². The number of hydrogen-bond donors (Lipinski definition) is 1. The van der Waals surface area contributed by atoms with Crippen molar-refractivity contribution in [2.24, 2.45) is 4.99 Å². The number of rotatable bonds is 6. The molecule has 0 rings (SSSR count). The van der Waals surface area contributed by atoms with Gasteiger partial charge >= 0.3 is 0 Å². The molecule has 0 aliphatic carbocycles. The lowest BCUT2D eigenvalue weighted by Crippen LogP contribution is -1.90. The van der Waals surface area contributed by atoms with Gasteiger partial charge in [-0.3, -0.25) is 4.99 Å². The van der Waals surface area contributed by atoms with Gasteiger partial charge in [0, 0.05) is 18.1 Å². The van der Waals surface area contributed by atoms with Gasteiger partial charge < -0.3 is 5.41 Å². The van der Waals surface area contributed by atoms with Crippen molar-refractivity contribution in [3.05, 3.63) is 10.7 Å². The van der Waals surface area contributed by atoms with Crippen LogP contribution in [-0.2, 0) is 0 Å². The van der Waals surface area contributed by atoms with Gasteiger partial charge in [-0.15, -0.1) is 0 Å². The van der Waals surface area contributed by atoms with Gasteiger partial charge in [-0.05, 0) is 35.7 Å². The Bertz CT molecular complexity index is 207. The number of allylic oxidation sites excluding steroid dienone is 1. The molecule has 0 bridgehead atoms. The molecular weight excluding hydrogens is 228 g/mol. The molecule has 0 aliphatic heterocycles. The van der Waals surface area contributed by atoms with Crippen LogP contribution in [0, 0.1) is 5.41 Å². The van der Waals surface area contributed by atoms with Crippen LogP contribution in [0.5, 0.6) is 0 Å². The zero-order valence-corrected chi connectivity index (χ0v) is 9.89. The molecule has 0 heterocycles. The molecule has 0 amide bonds. The molecule has 0 atom stereocenters. The van der Waals surface area contributed by atoms with Crippen molar-refractivity contribution in [3.63, 3.8) is 0 Å². The number of halogens is 1. The van der Waals surface area contributed by atoms with E-state index in [0.717, 1.165) is 12.1 Å². The summed E-state index contributed by atoms with van der Waals surface area (Å²) in [5.74, 6) is 0. The third-order valence-corrected chi connectivity index (χ3v) is 2.12. The second-order valence-corrected chi connectivity index (χ2v) is 3.90. The Morgan fingerprint density at radius 3 is 2.69 bits per heavy atom. The molecule has 2 nitrogen and oxygen atoms in total. The first kappa shape index (κ1) is 12.6. The van der Waals surface area contributed by atoms with Crippen molar-refractivity contribution in [1.82, 2.24) is 0 Å². The maximum atomic E-state index is 6.91. The van der Waals surface area contributed by atoms with Crippen LogP contribution in [0.15, 0.2) is 15.7 Å². The fourth-order valence-corrected chi connectivity index (χ4v) is 1.01. The Morgan fingerprint density at radius 2 is 2.15 bits per heavy atom. The van der Waals surface area contributed by atoms with E-state index in [1.165, 1.54) is 25.5 Å². The van der Waals surface area contributed by atoms with Crippen molar-refractivity contribution >= 4 is 27.9 Å². The van der Waals surface area contributed by atoms with Crippen molar-refractivity contribution in [2.75, 3.05) is 0 Å². The van der Waals surface area contributed by atoms with Crippen LogP contribution in [0.4, 0.5) is 0 Å². The lowest BCUT2D eigenvalue weighted by molar-refractivity contribution is 0.741. The molecule has 0 radical (unpaired) electrons. The zero-order valence-electron chi connectivity index (χ0n) is 8.31. The van der Waals surface area contributed by atoms with Crippen LogP contribution >= 0.6 is 15.9 Å². The molecule has 0 fully saturated rings. The molecule has 0 aliphatic rings. The summed E-state index contributed by atoms with van der Waals surface area (Å²) in [6, 6.07) is 0. The lowest BCUT2D eigenvalue weighted by Gasteiger charge is -1.97. The van der Waals surface area contributed by atoms with Crippen LogP contribution in [0.2, 0.25) is 0 Å². The van der Waals surface area contributed by atoms with Gasteiger partial charge in [0.2, 0.25) is 0 Å². The molecule has 0 aromatic rings. The number of aliphatic imine (C=N–C) groups is 1. The highest BCUT2D eigenvalue weighted by molar-refractivity contribution is 9.12. The molecule has 0 saturated carbocycles. The smallest absolute Gasteiger partial charge is 0.0533 e. The minimum atomic E-state index is 0.711. The normalized spacial score (nSPS) is 13.2. The first-order valence-corrected chi connectivity index (χ1v) is 5.39. The molecule has 0 aromatic carbocycles. The molecule has 3 heteroatoms. The predicted molar refractivity (Wildman–Crippen MR) is 63.0 cm³/mol. The number of hydrogen-bond acceptors (Lipinski definition) is 2. The van der Waals surface area contributed by atoms with Gasteiger partial charge in [-0.25, -0.2) is 0 Å². The third-order valence-electron chi connectivity index (χ3n) is 1.69. The summed E-state index contributed by atoms with van der Waals surface area (Å²) in [7, 11) is 0. The Kier molecular flexibility index (Phi) is 7.90. The van der Waals surface area contributed by atoms with Crippen molar-refractivity contribution < 1.29 is 0 Å². The maximum Gasteiger partial charge on any atom is 0.0533 e. The Balaban J connectivity index is 3.81. The van der Waals surface area contributed by atoms with Crippen molar-refractivity contribution in [2.45, 2.75) is 39.5 Å². The highest BCUT2D eigenvalue weighted by Crippen LogP contribution is 2.03. The first-order valence-electron chi connectivity index (χ1n) is 4.60. The van der Waals surface area contributed by atoms with E-state index in [4.69, 9.17) is 5.41 Å². The van der Waals surface area contributed by atoms with Crippen LogP contribution in [-0.4, -0.2) is 11.9 Å². The minimum absolute atomic E-state index is 0.711. The van der Waals surface area contributed by atoms with E-state index in [2.05, 4.69) is 27.8 Å². The van der Waals surface area contributed by atoms with Crippen LogP contribution < -0.4 is 0 Å². The van der Waals surface area contributed by atoms with E-state index in [9.17, 15) is 0 Å². The van der Waals surface area contributed by atoms with E-state index in [0.29, 0.717) is 4.48 Å². The van der Waals surface area contributed by atoms with E-state index in [1.807, 2.05) is 6.92 Å². The number of nitrogens with one attached hydrogen (secondary N) is 1. The second kappa shape index (κ2) is 8.17. The summed E-state index contributed by atoms with van der Waals surface area (Å²) in [6.07, 6.45) is 7.69. The van der Waals surface area contributed by atoms with Crippen LogP contribution in [0.3, 0.4) is 0 Å². The zero-order chi connectivity index (χ0) is 10.1. The van der Waals surface area contributed by atoms with E-state index in [1.54, 1.807) is 6.20 Å². The molecule has 0 spiro atoms.